The standard InChI is InChI=1S/C28H20BrNO2S2/c29-23-13-14-25(32-18-21-11-6-10-20-9-4-5-12-24(20)21)22(15-23)16-26-27(31)30(28(33)34-26)17-19-7-2-1-3-8-19/h1-16H,17-18H2/b26-16+. The van der Waals surface area contributed by atoms with Gasteiger partial charge < -0.3 is 4.74 Å². The molecule has 0 bridgehead atoms. The van der Waals surface area contributed by atoms with Crippen LogP contribution in [0.25, 0.3) is 16.8 Å². The Morgan fingerprint density at radius 2 is 1.71 bits per heavy atom. The summed E-state index contributed by atoms with van der Waals surface area (Å²) in [7, 11) is 0. The van der Waals surface area contributed by atoms with Crippen LogP contribution in [0.15, 0.2) is 100 Å². The summed E-state index contributed by atoms with van der Waals surface area (Å²) in [5.74, 6) is 0.628. The summed E-state index contributed by atoms with van der Waals surface area (Å²) < 4.78 is 7.72. The van der Waals surface area contributed by atoms with E-state index in [2.05, 4.69) is 40.2 Å². The van der Waals surface area contributed by atoms with Crippen molar-refractivity contribution in [1.29, 1.82) is 0 Å². The molecule has 0 aromatic heterocycles. The average Bonchev–Trinajstić information content (AvgIpc) is 3.11. The van der Waals surface area contributed by atoms with Gasteiger partial charge in [0.1, 0.15) is 16.7 Å². The van der Waals surface area contributed by atoms with Gasteiger partial charge in [-0.15, -0.1) is 0 Å². The normalized spacial score (nSPS) is 14.9. The van der Waals surface area contributed by atoms with Crippen molar-refractivity contribution >= 4 is 67.0 Å². The lowest BCUT2D eigenvalue weighted by Gasteiger charge is -2.14. The predicted molar refractivity (Wildman–Crippen MR) is 148 cm³/mol. The van der Waals surface area contributed by atoms with E-state index < -0.39 is 0 Å². The van der Waals surface area contributed by atoms with Crippen molar-refractivity contribution in [2.45, 2.75) is 13.2 Å². The topological polar surface area (TPSA) is 29.5 Å². The quantitative estimate of drug-likeness (QED) is 0.184. The van der Waals surface area contributed by atoms with E-state index in [-0.39, 0.29) is 5.91 Å². The first kappa shape index (κ1) is 22.8. The van der Waals surface area contributed by atoms with Crippen LogP contribution >= 0.6 is 39.9 Å². The number of carbonyl (C=O) groups is 1. The Kier molecular flexibility index (Phi) is 6.81. The third-order valence-electron chi connectivity index (χ3n) is 5.58. The van der Waals surface area contributed by atoms with E-state index in [1.165, 1.54) is 22.5 Å². The Balaban J connectivity index is 1.39. The summed E-state index contributed by atoms with van der Waals surface area (Å²) in [4.78, 5) is 15.4. The molecule has 3 nitrogen and oxygen atoms in total. The van der Waals surface area contributed by atoms with E-state index >= 15 is 0 Å². The Hall–Kier alpha value is -2.93. The van der Waals surface area contributed by atoms with Crippen LogP contribution in [-0.4, -0.2) is 15.1 Å². The molecule has 168 valence electrons. The summed E-state index contributed by atoms with van der Waals surface area (Å²) >= 11 is 10.4. The van der Waals surface area contributed by atoms with E-state index in [9.17, 15) is 4.79 Å². The van der Waals surface area contributed by atoms with E-state index in [0.717, 1.165) is 21.2 Å². The summed E-state index contributed by atoms with van der Waals surface area (Å²) in [6.07, 6.45) is 1.87. The third-order valence-corrected chi connectivity index (χ3v) is 7.45. The van der Waals surface area contributed by atoms with Crippen LogP contribution in [0, 0.1) is 0 Å². The largest absolute Gasteiger partial charge is 0.488 e. The van der Waals surface area contributed by atoms with Crippen molar-refractivity contribution in [2.24, 2.45) is 0 Å². The summed E-state index contributed by atoms with van der Waals surface area (Å²) in [6.45, 7) is 0.893. The molecular formula is C28H20BrNO2S2. The minimum Gasteiger partial charge on any atom is -0.488 e. The zero-order chi connectivity index (χ0) is 23.5. The predicted octanol–water partition coefficient (Wildman–Crippen LogP) is 7.58. The number of amides is 1. The van der Waals surface area contributed by atoms with Crippen molar-refractivity contribution in [2.75, 3.05) is 0 Å². The van der Waals surface area contributed by atoms with Crippen molar-refractivity contribution < 1.29 is 9.53 Å². The lowest BCUT2D eigenvalue weighted by molar-refractivity contribution is -0.122. The Morgan fingerprint density at radius 1 is 0.941 bits per heavy atom. The first-order chi connectivity index (χ1) is 16.6. The third kappa shape index (κ3) is 4.94. The van der Waals surface area contributed by atoms with Crippen LogP contribution < -0.4 is 4.74 Å². The number of carbonyl (C=O) groups excluding carboxylic acids is 1. The van der Waals surface area contributed by atoms with Gasteiger partial charge in [0, 0.05) is 10.0 Å². The number of fused-ring (bicyclic) bond motifs is 1. The van der Waals surface area contributed by atoms with Crippen LogP contribution in [0.1, 0.15) is 16.7 Å². The molecule has 0 unspecified atom stereocenters. The fourth-order valence-corrected chi connectivity index (χ4v) is 5.51. The molecule has 4 aromatic carbocycles. The van der Waals surface area contributed by atoms with E-state index in [4.69, 9.17) is 17.0 Å². The average molecular weight is 547 g/mol. The van der Waals surface area contributed by atoms with Crippen LogP contribution in [-0.2, 0) is 17.9 Å². The summed E-state index contributed by atoms with van der Waals surface area (Å²) in [5.41, 5.74) is 2.98. The maximum Gasteiger partial charge on any atom is 0.266 e. The number of hydrogen-bond donors (Lipinski definition) is 0. The number of hydrogen-bond acceptors (Lipinski definition) is 4. The van der Waals surface area contributed by atoms with Gasteiger partial charge in [0.05, 0.1) is 11.4 Å². The summed E-state index contributed by atoms with van der Waals surface area (Å²) in [6, 6.07) is 30.2. The monoisotopic (exact) mass is 545 g/mol. The molecule has 1 fully saturated rings. The molecule has 34 heavy (non-hydrogen) atoms. The molecule has 5 rings (SSSR count). The highest BCUT2D eigenvalue weighted by molar-refractivity contribution is 9.10. The molecule has 0 saturated carbocycles. The molecule has 1 heterocycles. The van der Waals surface area contributed by atoms with E-state index in [0.29, 0.717) is 28.1 Å². The highest BCUT2D eigenvalue weighted by Crippen LogP contribution is 2.36. The number of rotatable bonds is 6. The van der Waals surface area contributed by atoms with Crippen LogP contribution in [0.2, 0.25) is 0 Å². The molecule has 0 N–H and O–H groups in total. The van der Waals surface area contributed by atoms with Gasteiger partial charge in [-0.1, -0.05) is 113 Å². The molecule has 0 atom stereocenters. The van der Waals surface area contributed by atoms with Gasteiger partial charge in [-0.25, -0.2) is 0 Å². The number of thiocarbonyl (C=S) groups is 1. The molecule has 1 amide bonds. The second-order valence-corrected chi connectivity index (χ2v) is 10.5. The second-order valence-electron chi connectivity index (χ2n) is 7.86. The van der Waals surface area contributed by atoms with Crippen molar-refractivity contribution in [3.05, 3.63) is 117 Å². The lowest BCUT2D eigenvalue weighted by atomic mass is 10.1. The second kappa shape index (κ2) is 10.1. The number of ether oxygens (including phenoxy) is 1. The fraction of sp³-hybridized carbons (Fsp3) is 0.0714. The molecule has 6 heteroatoms. The van der Waals surface area contributed by atoms with Gasteiger partial charge in [-0.3, -0.25) is 9.69 Å². The SMILES string of the molecule is O=C1/C(=C\c2cc(Br)ccc2OCc2cccc3ccccc23)SC(=S)N1Cc1ccccc1. The number of benzene rings is 4. The van der Waals surface area contributed by atoms with Gasteiger partial charge in [0.15, 0.2) is 0 Å². The molecule has 1 saturated heterocycles. The molecule has 1 aliphatic rings. The maximum absolute atomic E-state index is 13.1. The molecular weight excluding hydrogens is 526 g/mol. The minimum absolute atomic E-state index is 0.0844. The zero-order valence-corrected chi connectivity index (χ0v) is 21.3. The van der Waals surface area contributed by atoms with Gasteiger partial charge in [-0.2, -0.15) is 0 Å². The lowest BCUT2D eigenvalue weighted by Crippen LogP contribution is -2.27. The highest BCUT2D eigenvalue weighted by atomic mass is 79.9. The van der Waals surface area contributed by atoms with Crippen molar-refractivity contribution in [3.63, 3.8) is 0 Å². The van der Waals surface area contributed by atoms with Gasteiger partial charge >= 0.3 is 0 Å². The van der Waals surface area contributed by atoms with Crippen LogP contribution in [0.5, 0.6) is 5.75 Å². The van der Waals surface area contributed by atoms with Gasteiger partial charge in [-0.05, 0) is 46.2 Å². The first-order valence-electron chi connectivity index (χ1n) is 10.8. The Bertz CT molecular complexity index is 1410. The number of nitrogens with zero attached hydrogens (tertiary/aromatic N) is 1. The van der Waals surface area contributed by atoms with E-state index in [1.807, 2.05) is 72.8 Å². The zero-order valence-electron chi connectivity index (χ0n) is 18.1. The van der Waals surface area contributed by atoms with Gasteiger partial charge in [0.25, 0.3) is 5.91 Å². The first-order valence-corrected chi connectivity index (χ1v) is 12.8. The van der Waals surface area contributed by atoms with Crippen LogP contribution in [0.4, 0.5) is 0 Å². The maximum atomic E-state index is 13.1. The molecule has 0 spiro atoms. The van der Waals surface area contributed by atoms with Crippen LogP contribution in [0.3, 0.4) is 0 Å². The fourth-order valence-electron chi connectivity index (χ4n) is 3.88. The Labute approximate surface area is 216 Å². The van der Waals surface area contributed by atoms with Crippen molar-refractivity contribution in [3.8, 4) is 5.75 Å². The number of halogens is 1. The molecule has 0 aliphatic carbocycles. The number of thioether (sulfide) groups is 1. The Morgan fingerprint density at radius 3 is 2.56 bits per heavy atom. The molecule has 1 aliphatic heterocycles. The minimum atomic E-state index is -0.0844. The van der Waals surface area contributed by atoms with E-state index in [1.54, 1.807) is 4.90 Å². The molecule has 0 radical (unpaired) electrons. The van der Waals surface area contributed by atoms with Crippen molar-refractivity contribution in [1.82, 2.24) is 4.90 Å². The highest BCUT2D eigenvalue weighted by Gasteiger charge is 2.32. The van der Waals surface area contributed by atoms with Gasteiger partial charge in [0.2, 0.25) is 0 Å². The smallest absolute Gasteiger partial charge is 0.266 e. The molecule has 4 aromatic rings. The summed E-state index contributed by atoms with van der Waals surface area (Å²) in [5, 5.41) is 2.35.